The van der Waals surface area contributed by atoms with E-state index >= 15 is 0 Å². The molecule has 2 aromatic rings. The molecule has 1 aromatic carbocycles. The number of pyridine rings is 1. The second-order valence-electron chi connectivity index (χ2n) is 7.44. The standard InChI is InChI=1S/C22H29N5O3/c1-16-14-27(9-10-28-16)21-6-4-18(12-25-21)13-26-22(23-2)24-8-7-17-3-5-19-20(11-17)30-15-29-19/h3-6,11-12,16H,7-10,13-15H2,1-2H3,(H2,23,24,26). The zero-order chi connectivity index (χ0) is 20.8. The fraction of sp³-hybridized carbons (Fsp3) is 0.455. The molecule has 8 heteroatoms. The van der Waals surface area contributed by atoms with E-state index in [9.17, 15) is 0 Å². The summed E-state index contributed by atoms with van der Waals surface area (Å²) in [6, 6.07) is 10.2. The molecule has 0 aliphatic carbocycles. The van der Waals surface area contributed by atoms with Crippen molar-refractivity contribution in [3.8, 4) is 11.5 Å². The van der Waals surface area contributed by atoms with Crippen LogP contribution in [-0.4, -0.2) is 57.1 Å². The van der Waals surface area contributed by atoms with Gasteiger partial charge < -0.3 is 29.7 Å². The summed E-state index contributed by atoms with van der Waals surface area (Å²) in [6.45, 7) is 6.34. The van der Waals surface area contributed by atoms with Gasteiger partial charge in [-0.05, 0) is 42.7 Å². The summed E-state index contributed by atoms with van der Waals surface area (Å²) in [5, 5.41) is 6.69. The van der Waals surface area contributed by atoms with Crippen molar-refractivity contribution in [1.82, 2.24) is 15.6 Å². The van der Waals surface area contributed by atoms with Gasteiger partial charge in [-0.3, -0.25) is 4.99 Å². The van der Waals surface area contributed by atoms with E-state index in [4.69, 9.17) is 14.2 Å². The molecule has 1 saturated heterocycles. The predicted molar refractivity (Wildman–Crippen MR) is 116 cm³/mol. The average molecular weight is 412 g/mol. The normalized spacial score (nSPS) is 18.4. The van der Waals surface area contributed by atoms with Crippen LogP contribution in [0.1, 0.15) is 18.1 Å². The summed E-state index contributed by atoms with van der Waals surface area (Å²) in [7, 11) is 1.77. The highest BCUT2D eigenvalue weighted by atomic mass is 16.7. The maximum Gasteiger partial charge on any atom is 0.231 e. The summed E-state index contributed by atoms with van der Waals surface area (Å²) in [4.78, 5) is 11.2. The van der Waals surface area contributed by atoms with Crippen molar-refractivity contribution < 1.29 is 14.2 Å². The van der Waals surface area contributed by atoms with Crippen LogP contribution in [0.15, 0.2) is 41.5 Å². The summed E-state index contributed by atoms with van der Waals surface area (Å²) >= 11 is 0. The highest BCUT2D eigenvalue weighted by Gasteiger charge is 2.17. The van der Waals surface area contributed by atoms with Gasteiger partial charge in [0.15, 0.2) is 17.5 Å². The molecule has 30 heavy (non-hydrogen) atoms. The molecule has 2 N–H and O–H groups in total. The second kappa shape index (κ2) is 9.67. The molecule has 1 unspecified atom stereocenters. The molecule has 2 aliphatic rings. The maximum atomic E-state index is 5.60. The third kappa shape index (κ3) is 5.13. The van der Waals surface area contributed by atoms with Crippen molar-refractivity contribution in [3.63, 3.8) is 0 Å². The van der Waals surface area contributed by atoms with Crippen LogP contribution >= 0.6 is 0 Å². The Kier molecular flexibility index (Phi) is 6.53. The fourth-order valence-corrected chi connectivity index (χ4v) is 3.56. The van der Waals surface area contributed by atoms with Gasteiger partial charge >= 0.3 is 0 Å². The van der Waals surface area contributed by atoms with Crippen molar-refractivity contribution in [1.29, 1.82) is 0 Å². The number of nitrogens with zero attached hydrogens (tertiary/aromatic N) is 3. The Hall–Kier alpha value is -3.00. The quantitative estimate of drug-likeness (QED) is 0.555. The molecule has 3 heterocycles. The lowest BCUT2D eigenvalue weighted by atomic mass is 10.1. The van der Waals surface area contributed by atoms with Gasteiger partial charge in [-0.25, -0.2) is 4.98 Å². The smallest absolute Gasteiger partial charge is 0.231 e. The first-order valence-electron chi connectivity index (χ1n) is 10.4. The van der Waals surface area contributed by atoms with Crippen LogP contribution in [0.2, 0.25) is 0 Å². The fourth-order valence-electron chi connectivity index (χ4n) is 3.56. The van der Waals surface area contributed by atoms with Gasteiger partial charge in [0.1, 0.15) is 5.82 Å². The van der Waals surface area contributed by atoms with Crippen molar-refractivity contribution in [3.05, 3.63) is 47.7 Å². The number of morpholine rings is 1. The second-order valence-corrected chi connectivity index (χ2v) is 7.44. The summed E-state index contributed by atoms with van der Waals surface area (Å²) in [6.07, 6.45) is 3.03. The highest BCUT2D eigenvalue weighted by Crippen LogP contribution is 2.32. The lowest BCUT2D eigenvalue weighted by Crippen LogP contribution is -2.41. The Morgan fingerprint density at radius 1 is 1.17 bits per heavy atom. The molecule has 160 valence electrons. The Morgan fingerprint density at radius 3 is 2.83 bits per heavy atom. The predicted octanol–water partition coefficient (Wildman–Crippen LogP) is 1.94. The monoisotopic (exact) mass is 411 g/mol. The third-order valence-corrected chi connectivity index (χ3v) is 5.20. The van der Waals surface area contributed by atoms with Crippen molar-refractivity contribution in [2.45, 2.75) is 26.0 Å². The molecule has 0 radical (unpaired) electrons. The van der Waals surface area contributed by atoms with Crippen LogP contribution in [0.3, 0.4) is 0 Å². The molecule has 0 saturated carbocycles. The molecular weight excluding hydrogens is 382 g/mol. The molecular formula is C22H29N5O3. The van der Waals surface area contributed by atoms with Crippen LogP contribution in [0, 0.1) is 0 Å². The Balaban J connectivity index is 1.22. The molecule has 2 aliphatic heterocycles. The highest BCUT2D eigenvalue weighted by molar-refractivity contribution is 5.79. The van der Waals surface area contributed by atoms with E-state index in [0.717, 1.165) is 61.5 Å². The number of guanidine groups is 1. The van der Waals surface area contributed by atoms with Crippen LogP contribution < -0.4 is 25.0 Å². The molecule has 0 bridgehead atoms. The zero-order valence-corrected chi connectivity index (χ0v) is 17.6. The van der Waals surface area contributed by atoms with Crippen LogP contribution in [-0.2, 0) is 17.7 Å². The Labute approximate surface area is 177 Å². The molecule has 4 rings (SSSR count). The SMILES string of the molecule is CN=C(NCCc1ccc2c(c1)OCO2)NCc1ccc(N2CCOC(C)C2)nc1. The molecule has 8 nitrogen and oxygen atoms in total. The van der Waals surface area contributed by atoms with Crippen molar-refractivity contribution in [2.75, 3.05) is 45.0 Å². The number of rotatable bonds is 6. The van der Waals surface area contributed by atoms with Crippen LogP contribution in [0.5, 0.6) is 11.5 Å². The Bertz CT molecular complexity index is 872. The molecule has 1 atom stereocenters. The Morgan fingerprint density at radius 2 is 2.03 bits per heavy atom. The first-order valence-corrected chi connectivity index (χ1v) is 10.4. The largest absolute Gasteiger partial charge is 0.454 e. The zero-order valence-electron chi connectivity index (χ0n) is 17.6. The van der Waals surface area contributed by atoms with Crippen molar-refractivity contribution >= 4 is 11.8 Å². The molecule has 1 aromatic heterocycles. The minimum Gasteiger partial charge on any atom is -0.454 e. The van der Waals surface area contributed by atoms with E-state index in [-0.39, 0.29) is 6.10 Å². The van der Waals surface area contributed by atoms with Gasteiger partial charge in [0.25, 0.3) is 0 Å². The van der Waals surface area contributed by atoms with Crippen LogP contribution in [0.4, 0.5) is 5.82 Å². The number of nitrogens with one attached hydrogen (secondary N) is 2. The summed E-state index contributed by atoms with van der Waals surface area (Å²) in [5.74, 6) is 3.39. The van der Waals surface area contributed by atoms with Gasteiger partial charge in [-0.2, -0.15) is 0 Å². The van der Waals surface area contributed by atoms with E-state index in [1.165, 1.54) is 5.56 Å². The topological polar surface area (TPSA) is 80.2 Å². The minimum absolute atomic E-state index is 0.244. The van der Waals surface area contributed by atoms with E-state index in [0.29, 0.717) is 13.3 Å². The number of hydrogen-bond donors (Lipinski definition) is 2. The number of anilines is 1. The first-order chi connectivity index (χ1) is 14.7. The number of aromatic nitrogens is 1. The lowest BCUT2D eigenvalue weighted by Gasteiger charge is -2.32. The van der Waals surface area contributed by atoms with Gasteiger partial charge in [0.2, 0.25) is 6.79 Å². The van der Waals surface area contributed by atoms with Gasteiger partial charge in [-0.1, -0.05) is 12.1 Å². The summed E-state index contributed by atoms with van der Waals surface area (Å²) in [5.41, 5.74) is 2.30. The minimum atomic E-state index is 0.244. The maximum absolute atomic E-state index is 5.60. The van der Waals surface area contributed by atoms with E-state index in [2.05, 4.69) is 50.6 Å². The number of ether oxygens (including phenoxy) is 3. The molecule has 0 amide bonds. The van der Waals surface area contributed by atoms with Crippen LogP contribution in [0.25, 0.3) is 0 Å². The van der Waals surface area contributed by atoms with Gasteiger partial charge in [-0.15, -0.1) is 0 Å². The number of hydrogen-bond acceptors (Lipinski definition) is 6. The van der Waals surface area contributed by atoms with Gasteiger partial charge in [0, 0.05) is 39.4 Å². The van der Waals surface area contributed by atoms with E-state index < -0.39 is 0 Å². The lowest BCUT2D eigenvalue weighted by molar-refractivity contribution is 0.0529. The first kappa shape index (κ1) is 20.3. The molecule has 0 spiro atoms. The molecule has 1 fully saturated rings. The van der Waals surface area contributed by atoms with E-state index in [1.807, 2.05) is 18.3 Å². The van der Waals surface area contributed by atoms with E-state index in [1.54, 1.807) is 7.05 Å². The third-order valence-electron chi connectivity index (χ3n) is 5.20. The van der Waals surface area contributed by atoms with Gasteiger partial charge in [0.05, 0.1) is 12.7 Å². The summed E-state index contributed by atoms with van der Waals surface area (Å²) < 4.78 is 16.4. The number of fused-ring (bicyclic) bond motifs is 1. The number of benzene rings is 1. The average Bonchev–Trinajstić information content (AvgIpc) is 3.24. The van der Waals surface area contributed by atoms with Crippen molar-refractivity contribution in [2.24, 2.45) is 4.99 Å². The number of aliphatic imine (C=N–C) groups is 1.